The number of carbonyl (C=O) groups is 1. The van der Waals surface area contributed by atoms with Crippen LogP contribution in [0.15, 0.2) is 114 Å². The minimum Gasteiger partial charge on any atom is -0.454 e. The van der Waals surface area contributed by atoms with E-state index in [0.29, 0.717) is 36.3 Å². The Morgan fingerprint density at radius 2 is 1.53 bits per heavy atom. The molecule has 2 saturated heterocycles. The molecule has 0 aliphatic carbocycles. The van der Waals surface area contributed by atoms with E-state index in [9.17, 15) is 18.5 Å². The average molecular weight is 890 g/mol. The molecule has 0 bridgehead atoms. The highest BCUT2D eigenvalue weighted by atomic mass is 32.2. The number of phosphoric acid groups is 1. The van der Waals surface area contributed by atoms with Gasteiger partial charge in [0.15, 0.2) is 17.8 Å². The maximum Gasteiger partial charge on any atom is 0.475 e. The summed E-state index contributed by atoms with van der Waals surface area (Å²) in [6.45, 7) is 3.37. The number of hydrogen-bond acceptors (Lipinski definition) is 13. The lowest BCUT2D eigenvalue weighted by molar-refractivity contribution is -0.0907. The third kappa shape index (κ3) is 12.0. The smallest absolute Gasteiger partial charge is 0.454 e. The molecule has 2 fully saturated rings. The summed E-state index contributed by atoms with van der Waals surface area (Å²) >= 11 is 0. The zero-order valence-corrected chi connectivity index (χ0v) is 36.4. The molecule has 0 radical (unpaired) electrons. The average Bonchev–Trinajstić information content (AvgIpc) is 4.04. The van der Waals surface area contributed by atoms with E-state index in [0.717, 1.165) is 5.56 Å². The van der Waals surface area contributed by atoms with Crippen LogP contribution in [0, 0.1) is 22.7 Å². The predicted molar refractivity (Wildman–Crippen MR) is 226 cm³/mol. The van der Waals surface area contributed by atoms with Crippen molar-refractivity contribution in [2.24, 2.45) is 11.3 Å². The van der Waals surface area contributed by atoms with Gasteiger partial charge in [0, 0.05) is 25.6 Å². The van der Waals surface area contributed by atoms with Gasteiger partial charge in [-0.2, -0.15) is 9.57 Å². The zero-order chi connectivity index (χ0) is 43.6. The molecule has 5 atom stereocenters. The van der Waals surface area contributed by atoms with Gasteiger partial charge >= 0.3 is 13.9 Å². The van der Waals surface area contributed by atoms with E-state index in [-0.39, 0.29) is 62.6 Å². The lowest BCUT2D eigenvalue weighted by atomic mass is 9.88. The molecular formula is C45H52N3O12PS. The SMILES string of the molecule is CC(C)(CCC#N)CN(CC(OP(=O)(OCc1ccccc1)OCc1ccccc1)C(Cc1ccccc1)NC(=O)OC1COC2OCCC12)S(=O)(=O)c1ccc2c(c1)OCO2. The van der Waals surface area contributed by atoms with Crippen LogP contribution in [0.25, 0.3) is 0 Å². The third-order valence-electron chi connectivity index (χ3n) is 10.9. The molecule has 3 aliphatic heterocycles. The van der Waals surface area contributed by atoms with E-state index in [4.69, 9.17) is 37.3 Å². The van der Waals surface area contributed by atoms with Crippen molar-refractivity contribution in [3.63, 3.8) is 0 Å². The summed E-state index contributed by atoms with van der Waals surface area (Å²) in [5.74, 6) is 0.496. The minimum absolute atomic E-state index is 0.0642. The summed E-state index contributed by atoms with van der Waals surface area (Å²) in [5, 5.41) is 12.5. The third-order valence-corrected chi connectivity index (χ3v) is 14.1. The molecule has 3 aliphatic rings. The van der Waals surface area contributed by atoms with Gasteiger partial charge in [0.05, 0.1) is 49.4 Å². The number of nitrogens with one attached hydrogen (secondary N) is 1. The molecule has 1 N–H and O–H groups in total. The van der Waals surface area contributed by atoms with Crippen molar-refractivity contribution in [1.82, 2.24) is 9.62 Å². The first-order valence-corrected chi connectivity index (χ1v) is 23.5. The molecule has 17 heteroatoms. The number of alkyl carbamates (subject to hydrolysis) is 1. The molecule has 7 rings (SSSR count). The van der Waals surface area contributed by atoms with Crippen LogP contribution in [-0.2, 0) is 62.0 Å². The van der Waals surface area contributed by atoms with Gasteiger partial charge in [-0.1, -0.05) is 105 Å². The summed E-state index contributed by atoms with van der Waals surface area (Å²) < 4.78 is 93.5. The molecule has 1 amide bonds. The highest BCUT2D eigenvalue weighted by molar-refractivity contribution is 7.89. The van der Waals surface area contributed by atoms with E-state index >= 15 is 4.57 Å². The van der Waals surface area contributed by atoms with Crippen molar-refractivity contribution in [1.29, 1.82) is 5.26 Å². The fraction of sp³-hybridized carbons (Fsp3) is 0.422. The summed E-state index contributed by atoms with van der Waals surface area (Å²) in [7, 11) is -9.06. The molecule has 0 aromatic heterocycles. The number of benzene rings is 4. The first kappa shape index (κ1) is 45.2. The molecule has 62 heavy (non-hydrogen) atoms. The normalized spacial score (nSPS) is 19.4. The van der Waals surface area contributed by atoms with Crippen molar-refractivity contribution in [3.05, 3.63) is 126 Å². The van der Waals surface area contributed by atoms with E-state index < -0.39 is 60.4 Å². The Morgan fingerprint density at radius 3 is 2.18 bits per heavy atom. The Hall–Kier alpha value is -4.82. The number of nitrogens with zero attached hydrogens (tertiary/aromatic N) is 2. The standard InChI is InChI=1S/C45H52N3O12PS/c1-45(2,22-12-23-46)31-48(62(51,52)36-19-20-39-40(26-36)56-32-55-39)27-41(60-61(50,57-28-34-15-8-4-9-16-34)58-29-35-17-10-5-11-18-35)38(25-33-13-6-3-7-14-33)47-44(49)59-42-30-54-43-37(42)21-24-53-43/h3-11,13-20,26,37-38,41-43H,12,21-22,24-25,27-32H2,1-2H3,(H,47,49). The monoisotopic (exact) mass is 889 g/mol. The first-order valence-electron chi connectivity index (χ1n) is 20.6. The van der Waals surface area contributed by atoms with Gasteiger partial charge in [0.25, 0.3) is 0 Å². The van der Waals surface area contributed by atoms with Crippen molar-refractivity contribution < 1.29 is 55.0 Å². The van der Waals surface area contributed by atoms with Crippen LogP contribution in [0.1, 0.15) is 49.8 Å². The molecule has 15 nitrogen and oxygen atoms in total. The number of ether oxygens (including phenoxy) is 5. The summed E-state index contributed by atoms with van der Waals surface area (Å²) in [4.78, 5) is 13.9. The van der Waals surface area contributed by atoms with Crippen LogP contribution in [0.3, 0.4) is 0 Å². The molecule has 5 unspecified atom stereocenters. The molecule has 0 saturated carbocycles. The molecular weight excluding hydrogens is 838 g/mol. The van der Waals surface area contributed by atoms with Crippen molar-refractivity contribution in [2.45, 2.75) is 82.2 Å². The van der Waals surface area contributed by atoms with Gasteiger partial charge in [-0.15, -0.1) is 0 Å². The molecule has 4 aromatic carbocycles. The molecule has 4 aromatic rings. The zero-order valence-electron chi connectivity index (χ0n) is 34.7. The van der Waals surface area contributed by atoms with Gasteiger partial charge in [0.2, 0.25) is 16.8 Å². The lowest BCUT2D eigenvalue weighted by Crippen LogP contribution is -2.53. The number of rotatable bonds is 21. The topological polar surface area (TPSA) is 181 Å². The maximum absolute atomic E-state index is 15.2. The fourth-order valence-corrected chi connectivity index (χ4v) is 10.6. The minimum atomic E-state index is -4.64. The van der Waals surface area contributed by atoms with Crippen molar-refractivity contribution in [2.75, 3.05) is 33.1 Å². The Morgan fingerprint density at radius 1 is 0.903 bits per heavy atom. The van der Waals surface area contributed by atoms with Crippen LogP contribution in [0.2, 0.25) is 0 Å². The predicted octanol–water partition coefficient (Wildman–Crippen LogP) is 7.76. The van der Waals surface area contributed by atoms with Crippen LogP contribution in [0.5, 0.6) is 11.5 Å². The van der Waals surface area contributed by atoms with Crippen LogP contribution in [-0.4, -0.2) is 76.5 Å². The second-order valence-corrected chi connectivity index (χ2v) is 19.7. The highest BCUT2D eigenvalue weighted by Crippen LogP contribution is 2.53. The molecule has 3 heterocycles. The van der Waals surface area contributed by atoms with Gasteiger partial charge in [-0.3, -0.25) is 13.6 Å². The number of hydrogen-bond donors (Lipinski definition) is 1. The second kappa shape index (κ2) is 20.6. The van der Waals surface area contributed by atoms with Crippen molar-refractivity contribution in [3.8, 4) is 17.6 Å². The number of carbonyl (C=O) groups excluding carboxylic acids is 1. The van der Waals surface area contributed by atoms with Crippen molar-refractivity contribution >= 4 is 23.9 Å². The summed E-state index contributed by atoms with van der Waals surface area (Å²) in [6, 6.07) is 32.7. The number of amides is 1. The van der Waals surface area contributed by atoms with Crippen LogP contribution in [0.4, 0.5) is 4.79 Å². The number of nitriles is 1. The van der Waals surface area contributed by atoms with Gasteiger partial charge in [0.1, 0.15) is 12.2 Å². The maximum atomic E-state index is 15.2. The lowest BCUT2D eigenvalue weighted by Gasteiger charge is -2.37. The molecule has 330 valence electrons. The summed E-state index contributed by atoms with van der Waals surface area (Å²) in [5.41, 5.74) is 1.37. The number of phosphoric ester groups is 1. The van der Waals surface area contributed by atoms with Gasteiger partial charge in [-0.25, -0.2) is 17.8 Å². The fourth-order valence-electron chi connectivity index (χ4n) is 7.55. The Kier molecular flexibility index (Phi) is 15.0. The number of fused-ring (bicyclic) bond motifs is 2. The van der Waals surface area contributed by atoms with E-state index in [1.165, 1.54) is 22.5 Å². The quantitative estimate of drug-likeness (QED) is 0.0803. The largest absolute Gasteiger partial charge is 0.475 e. The highest BCUT2D eigenvalue weighted by Gasteiger charge is 2.45. The van der Waals surface area contributed by atoms with E-state index in [1.807, 2.05) is 80.6 Å². The Labute approximate surface area is 362 Å². The first-order chi connectivity index (χ1) is 29.9. The van der Waals surface area contributed by atoms with E-state index in [2.05, 4.69) is 11.4 Å². The summed E-state index contributed by atoms with van der Waals surface area (Å²) in [6.07, 6.45) is -2.03. The van der Waals surface area contributed by atoms with Crippen LogP contribution >= 0.6 is 7.82 Å². The second-order valence-electron chi connectivity index (χ2n) is 16.2. The number of sulfonamides is 1. The Balaban J connectivity index is 1.29. The van der Waals surface area contributed by atoms with E-state index in [1.54, 1.807) is 24.3 Å². The van der Waals surface area contributed by atoms with Gasteiger partial charge in [-0.05, 0) is 53.5 Å². The Bertz CT molecular complexity index is 2250. The van der Waals surface area contributed by atoms with Crippen LogP contribution < -0.4 is 14.8 Å². The van der Waals surface area contributed by atoms with Gasteiger partial charge < -0.3 is 29.0 Å². The molecule has 0 spiro atoms.